The molecule has 0 bridgehead atoms. The Morgan fingerprint density at radius 3 is 2.35 bits per heavy atom. The maximum Gasteiger partial charge on any atom is 0.415 e. The molecule has 5 heteroatoms. The molecular formula is C12H20IN3O. The van der Waals surface area contributed by atoms with Crippen LogP contribution in [-0.2, 0) is 7.05 Å². The van der Waals surface area contributed by atoms with Crippen molar-refractivity contribution in [3.05, 3.63) is 18.7 Å². The number of rotatable bonds is 0. The maximum absolute atomic E-state index is 12.1. The van der Waals surface area contributed by atoms with Gasteiger partial charge in [-0.15, -0.1) is 0 Å². The van der Waals surface area contributed by atoms with Crippen molar-refractivity contribution in [3.63, 3.8) is 0 Å². The standard InChI is InChI=1S/C12H20N3O.HI/c1-12(2)4-6-14(7-5-12)11(16)15-9-8-13(3)10-15;/h8-10H,4-7H2,1-3H3;1H/q+1;/p-1. The van der Waals surface area contributed by atoms with Gasteiger partial charge in [0.2, 0.25) is 0 Å². The van der Waals surface area contributed by atoms with Gasteiger partial charge in [0.15, 0.2) is 0 Å². The van der Waals surface area contributed by atoms with E-state index in [9.17, 15) is 4.79 Å². The minimum Gasteiger partial charge on any atom is -1.00 e. The molecule has 0 aliphatic carbocycles. The van der Waals surface area contributed by atoms with Crippen LogP contribution in [0.25, 0.3) is 0 Å². The fourth-order valence-corrected chi connectivity index (χ4v) is 2.03. The Morgan fingerprint density at radius 2 is 1.88 bits per heavy atom. The van der Waals surface area contributed by atoms with Crippen molar-refractivity contribution in [2.75, 3.05) is 13.1 Å². The van der Waals surface area contributed by atoms with Crippen molar-refractivity contribution in [3.8, 4) is 0 Å². The molecule has 0 atom stereocenters. The van der Waals surface area contributed by atoms with E-state index in [4.69, 9.17) is 0 Å². The summed E-state index contributed by atoms with van der Waals surface area (Å²) < 4.78 is 3.53. The van der Waals surface area contributed by atoms with E-state index in [1.807, 2.05) is 35.2 Å². The summed E-state index contributed by atoms with van der Waals surface area (Å²) in [5, 5.41) is 0. The molecule has 1 aliphatic rings. The first-order valence-electron chi connectivity index (χ1n) is 5.80. The lowest BCUT2D eigenvalue weighted by molar-refractivity contribution is -0.670. The average Bonchev–Trinajstić information content (AvgIpc) is 2.64. The molecule has 0 saturated carbocycles. The van der Waals surface area contributed by atoms with Crippen LogP contribution in [0.5, 0.6) is 0 Å². The van der Waals surface area contributed by atoms with E-state index in [0.717, 1.165) is 25.9 Å². The molecule has 0 aromatic carbocycles. The highest BCUT2D eigenvalue weighted by Crippen LogP contribution is 2.29. The first-order chi connectivity index (χ1) is 7.48. The van der Waals surface area contributed by atoms with Crippen LogP contribution < -0.4 is 28.5 Å². The van der Waals surface area contributed by atoms with E-state index in [1.165, 1.54) is 0 Å². The molecule has 1 aromatic rings. The smallest absolute Gasteiger partial charge is 0.415 e. The molecule has 0 radical (unpaired) electrons. The summed E-state index contributed by atoms with van der Waals surface area (Å²) in [7, 11) is 1.92. The summed E-state index contributed by atoms with van der Waals surface area (Å²) in [6.07, 6.45) is 7.67. The zero-order valence-corrected chi connectivity index (χ0v) is 12.8. The number of piperidine rings is 1. The van der Waals surface area contributed by atoms with E-state index in [0.29, 0.717) is 5.41 Å². The average molecular weight is 349 g/mol. The number of hydrogen-bond acceptors (Lipinski definition) is 1. The van der Waals surface area contributed by atoms with E-state index < -0.39 is 0 Å². The van der Waals surface area contributed by atoms with Gasteiger partial charge in [0.05, 0.1) is 7.05 Å². The Hall–Kier alpha value is -0.590. The molecule has 1 aliphatic heterocycles. The fourth-order valence-electron chi connectivity index (χ4n) is 2.03. The molecule has 0 spiro atoms. The van der Waals surface area contributed by atoms with Crippen LogP contribution in [-0.4, -0.2) is 28.6 Å². The van der Waals surface area contributed by atoms with Gasteiger partial charge >= 0.3 is 6.03 Å². The number of aromatic nitrogens is 2. The summed E-state index contributed by atoms with van der Waals surface area (Å²) in [5.74, 6) is 0. The number of carbonyl (C=O) groups is 1. The van der Waals surface area contributed by atoms with Gasteiger partial charge in [-0.25, -0.2) is 9.36 Å². The summed E-state index contributed by atoms with van der Waals surface area (Å²) in [6.45, 7) is 6.27. The van der Waals surface area contributed by atoms with Crippen LogP contribution in [0.1, 0.15) is 26.7 Å². The summed E-state index contributed by atoms with van der Waals surface area (Å²) >= 11 is 0. The van der Waals surface area contributed by atoms with Crippen molar-refractivity contribution in [1.82, 2.24) is 9.47 Å². The highest BCUT2D eigenvalue weighted by atomic mass is 127. The maximum atomic E-state index is 12.1. The number of amides is 1. The van der Waals surface area contributed by atoms with Gasteiger partial charge in [0, 0.05) is 13.1 Å². The predicted molar refractivity (Wildman–Crippen MR) is 61.0 cm³/mol. The van der Waals surface area contributed by atoms with Gasteiger partial charge in [-0.05, 0) is 18.3 Å². The molecule has 2 heterocycles. The third kappa shape index (κ3) is 3.43. The van der Waals surface area contributed by atoms with Crippen LogP contribution in [0, 0.1) is 5.41 Å². The number of likely N-dealkylation sites (tertiary alicyclic amines) is 1. The number of carbonyl (C=O) groups excluding carboxylic acids is 1. The predicted octanol–water partition coefficient (Wildman–Crippen LogP) is -1.59. The topological polar surface area (TPSA) is 29.1 Å². The summed E-state index contributed by atoms with van der Waals surface area (Å²) in [6, 6.07) is 0.0936. The van der Waals surface area contributed by atoms with Crippen LogP contribution in [0.2, 0.25) is 0 Å². The minimum absolute atomic E-state index is 0. The molecule has 1 aromatic heterocycles. The van der Waals surface area contributed by atoms with Crippen molar-refractivity contribution in [2.24, 2.45) is 12.5 Å². The minimum atomic E-state index is 0. The lowest BCUT2D eigenvalue weighted by Gasteiger charge is -2.35. The number of aryl methyl sites for hydroxylation is 1. The van der Waals surface area contributed by atoms with E-state index in [1.54, 1.807) is 4.57 Å². The molecule has 96 valence electrons. The molecular weight excluding hydrogens is 329 g/mol. The Bertz CT molecular complexity index is 390. The van der Waals surface area contributed by atoms with Gasteiger partial charge < -0.3 is 28.9 Å². The highest BCUT2D eigenvalue weighted by Gasteiger charge is 2.30. The molecule has 1 saturated heterocycles. The number of imidazole rings is 1. The SMILES string of the molecule is C[n+]1ccn(C(=O)N2CCC(C)(C)CC2)c1.[I-]. The van der Waals surface area contributed by atoms with Gasteiger partial charge in [-0.3, -0.25) is 0 Å². The largest absolute Gasteiger partial charge is 1.00 e. The number of halogens is 1. The van der Waals surface area contributed by atoms with Crippen molar-refractivity contribution < 1.29 is 33.3 Å². The quantitative estimate of drug-likeness (QED) is 0.410. The monoisotopic (exact) mass is 349 g/mol. The van der Waals surface area contributed by atoms with Crippen LogP contribution in [0.15, 0.2) is 18.7 Å². The zero-order chi connectivity index (χ0) is 11.8. The Labute approximate surface area is 120 Å². The van der Waals surface area contributed by atoms with Gasteiger partial charge in [0.1, 0.15) is 12.4 Å². The van der Waals surface area contributed by atoms with Crippen LogP contribution >= 0.6 is 0 Å². The molecule has 2 rings (SSSR count). The highest BCUT2D eigenvalue weighted by molar-refractivity contribution is 5.76. The van der Waals surface area contributed by atoms with Crippen LogP contribution in [0.3, 0.4) is 0 Å². The van der Waals surface area contributed by atoms with Crippen LogP contribution in [0.4, 0.5) is 4.79 Å². The number of hydrogen-bond donors (Lipinski definition) is 0. The normalized spacial score (nSPS) is 18.6. The number of nitrogens with zero attached hydrogens (tertiary/aromatic N) is 3. The third-order valence-corrected chi connectivity index (χ3v) is 3.38. The molecule has 0 N–H and O–H groups in total. The van der Waals surface area contributed by atoms with E-state index >= 15 is 0 Å². The Kier molecular flexibility index (Phi) is 4.57. The van der Waals surface area contributed by atoms with Gasteiger partial charge in [-0.1, -0.05) is 13.8 Å². The Morgan fingerprint density at radius 1 is 1.29 bits per heavy atom. The second-order valence-electron chi connectivity index (χ2n) is 5.42. The first-order valence-corrected chi connectivity index (χ1v) is 5.80. The van der Waals surface area contributed by atoms with Crippen molar-refractivity contribution >= 4 is 6.03 Å². The van der Waals surface area contributed by atoms with Gasteiger partial charge in [0.25, 0.3) is 6.33 Å². The lowest BCUT2D eigenvalue weighted by atomic mass is 9.83. The fraction of sp³-hybridized carbons (Fsp3) is 0.667. The van der Waals surface area contributed by atoms with E-state index in [2.05, 4.69) is 13.8 Å². The lowest BCUT2D eigenvalue weighted by Crippen LogP contribution is -3.00. The second-order valence-corrected chi connectivity index (χ2v) is 5.42. The van der Waals surface area contributed by atoms with Crippen molar-refractivity contribution in [2.45, 2.75) is 26.7 Å². The molecule has 4 nitrogen and oxygen atoms in total. The molecule has 1 fully saturated rings. The van der Waals surface area contributed by atoms with Crippen molar-refractivity contribution in [1.29, 1.82) is 0 Å². The first kappa shape index (κ1) is 14.5. The summed E-state index contributed by atoms with van der Waals surface area (Å²) in [5.41, 5.74) is 0.387. The molecule has 0 unspecified atom stereocenters. The second kappa shape index (κ2) is 5.37. The molecule has 1 amide bonds. The zero-order valence-electron chi connectivity index (χ0n) is 10.7. The van der Waals surface area contributed by atoms with E-state index in [-0.39, 0.29) is 30.0 Å². The molecule has 17 heavy (non-hydrogen) atoms. The Balaban J connectivity index is 0.00000144. The van der Waals surface area contributed by atoms with Gasteiger partial charge in [-0.2, -0.15) is 4.57 Å². The third-order valence-electron chi connectivity index (χ3n) is 3.38. The summed E-state index contributed by atoms with van der Waals surface area (Å²) in [4.78, 5) is 14.0.